The van der Waals surface area contributed by atoms with E-state index in [9.17, 15) is 39.6 Å². The first-order valence-corrected chi connectivity index (χ1v) is 22.8. The van der Waals surface area contributed by atoms with Crippen molar-refractivity contribution in [2.45, 2.75) is 85.6 Å². The second-order valence-electron chi connectivity index (χ2n) is 18.5. The highest BCUT2D eigenvalue weighted by Crippen LogP contribution is 2.42. The van der Waals surface area contributed by atoms with E-state index in [-0.39, 0.29) is 67.4 Å². The van der Waals surface area contributed by atoms with Crippen LogP contribution in [-0.2, 0) is 23.8 Å². The minimum absolute atomic E-state index is 0.0436. The first-order valence-electron chi connectivity index (χ1n) is 22.8. The molecule has 1 aromatic heterocycles. The van der Waals surface area contributed by atoms with E-state index >= 15 is 0 Å². The first-order chi connectivity index (χ1) is 32.2. The Morgan fingerprint density at radius 2 is 1.66 bits per heavy atom. The number of hydrogen-bond donors (Lipinski definition) is 5. The maximum atomic E-state index is 14.8. The number of fused-ring (bicyclic) bond motifs is 2. The molecular weight excluding hydrogens is 881 g/mol. The molecule has 4 heterocycles. The van der Waals surface area contributed by atoms with E-state index in [4.69, 9.17) is 33.1 Å². The zero-order valence-electron chi connectivity index (χ0n) is 40.1. The van der Waals surface area contributed by atoms with Crippen LogP contribution in [0.25, 0.3) is 38.7 Å². The molecule has 0 spiro atoms. The second-order valence-corrected chi connectivity index (χ2v) is 18.5. The predicted octanol–water partition coefficient (Wildman–Crippen LogP) is 4.19. The number of aliphatic hydroxyl groups excluding tert-OH is 3. The van der Waals surface area contributed by atoms with Crippen LogP contribution in [0.3, 0.4) is 0 Å². The summed E-state index contributed by atoms with van der Waals surface area (Å²) in [6.07, 6.45) is 3.49. The number of likely N-dealkylation sites (N-methyl/N-ethyl adjacent to an activating group) is 1. The highest BCUT2D eigenvalue weighted by molar-refractivity contribution is 6.16. The number of hydrogen-bond acceptors (Lipinski definition) is 17. The van der Waals surface area contributed by atoms with Crippen LogP contribution in [0.5, 0.6) is 17.2 Å². The average molecular weight is 943 g/mol. The fourth-order valence-electron chi connectivity index (χ4n) is 9.31. The van der Waals surface area contributed by atoms with Crippen molar-refractivity contribution in [3.8, 4) is 17.2 Å². The van der Waals surface area contributed by atoms with Gasteiger partial charge in [0.1, 0.15) is 41.2 Å². The Hall–Kier alpha value is -6.05. The molecule has 3 aromatic carbocycles. The molecule has 4 aromatic rings. The number of methoxy groups -OCH3 is 1. The number of allylic oxidation sites excluding steroid dienone is 2. The van der Waals surface area contributed by atoms with Gasteiger partial charge < -0.3 is 58.7 Å². The Balaban J connectivity index is 1.42. The van der Waals surface area contributed by atoms with E-state index < -0.39 is 93.8 Å². The summed E-state index contributed by atoms with van der Waals surface area (Å²) in [5.41, 5.74) is -2.39. The summed E-state index contributed by atoms with van der Waals surface area (Å²) in [5, 5.41) is 49.1. The molecule has 9 atom stereocenters. The molecule has 68 heavy (non-hydrogen) atoms. The normalized spacial score (nSPS) is 29.6. The molecule has 7 rings (SSSR count). The number of rotatable bonds is 6. The molecule has 0 unspecified atom stereocenters. The van der Waals surface area contributed by atoms with Gasteiger partial charge in [-0.2, -0.15) is 0 Å². The quantitative estimate of drug-likeness (QED) is 0.103. The molecule has 0 saturated carbocycles. The number of carbonyl (C=O) groups is 2. The molecule has 3 aliphatic heterocycles. The topological polar surface area (TPSA) is 240 Å². The second kappa shape index (κ2) is 19.9. The standard InChI is InChI=1S/C50H62N4O14/c1-24-12-11-13-25(2)49(62)52-40-44(60)36-35(39-47(40)67-34-23-31(22-32(56)38(34)51-39)64-21-19-54-17-15-53(9)16-18-54)37-46(29(6)43(36)59)68-50(8,48(37)61)65-20-14-33(63-10)26(3)45(66-30(7)55)28(5)42(58)27(4)41(24)57/h11-14,20,22-24,26-28,33,41-42,45,57-59,61H,15-19,21H2,1-10H3,(H,52,62)/b12-11+,20-14+,25-13-/t24-,26+,27+,28+,33-,41-,42+,45+,50-/m0/s1. The number of piperazine rings is 1. The van der Waals surface area contributed by atoms with E-state index in [0.29, 0.717) is 6.54 Å². The molecule has 0 aliphatic carbocycles. The third kappa shape index (κ3) is 9.52. The lowest BCUT2D eigenvalue weighted by Crippen LogP contribution is -2.46. The number of phenolic OH excluding ortho intramolecular Hbond substituents is 1. The van der Waals surface area contributed by atoms with Crippen molar-refractivity contribution in [2.75, 3.05) is 58.8 Å². The van der Waals surface area contributed by atoms with Crippen molar-refractivity contribution in [2.24, 2.45) is 23.7 Å². The SMILES string of the molecule is CO[C@H]1/C=C/O[C@@]2(C)Oc3c(C)c(O)c4c(=O)c(c5oc6cc(OCCN7CCN(C)CC7)cc(=O)c6nc5c4c3=C2O)NC(=O)/C(C)=C\C=C\[C@H](C)[C@H](O)[C@@H](C)[C@@H](O)[C@@H](C)[C@H](OC(C)=O)[C@@H]1C. The number of benzene rings is 3. The minimum atomic E-state index is -1.99. The van der Waals surface area contributed by atoms with Crippen molar-refractivity contribution >= 4 is 56.3 Å². The number of ether oxygens (including phenoxy) is 5. The Bertz CT molecular complexity index is 2890. The largest absolute Gasteiger partial charge is 0.507 e. The summed E-state index contributed by atoms with van der Waals surface area (Å²) >= 11 is 0. The minimum Gasteiger partial charge on any atom is -0.507 e. The number of nitrogens with zero attached hydrogens (tertiary/aromatic N) is 3. The lowest BCUT2D eigenvalue weighted by Gasteiger charge is -2.38. The summed E-state index contributed by atoms with van der Waals surface area (Å²) in [4.78, 5) is 64.3. The average Bonchev–Trinajstić information content (AvgIpc) is 3.57. The van der Waals surface area contributed by atoms with Crippen molar-refractivity contribution in [3.05, 3.63) is 79.5 Å². The van der Waals surface area contributed by atoms with Crippen LogP contribution < -0.4 is 30.9 Å². The number of nitrogens with one attached hydrogen (secondary N) is 1. The van der Waals surface area contributed by atoms with E-state index in [0.717, 1.165) is 26.2 Å². The number of phenols is 1. The van der Waals surface area contributed by atoms with Gasteiger partial charge in [-0.05, 0) is 27.0 Å². The smallest absolute Gasteiger partial charge is 0.307 e. The first kappa shape index (κ1) is 49.8. The molecule has 4 bridgehead atoms. The Labute approximate surface area is 393 Å². The molecule has 1 saturated heterocycles. The molecule has 18 nitrogen and oxygen atoms in total. The van der Waals surface area contributed by atoms with Gasteiger partial charge in [-0.1, -0.05) is 45.9 Å². The molecule has 18 heteroatoms. The van der Waals surface area contributed by atoms with Crippen LogP contribution in [-0.4, -0.2) is 131 Å². The van der Waals surface area contributed by atoms with Crippen LogP contribution in [0, 0.1) is 30.6 Å². The zero-order valence-corrected chi connectivity index (χ0v) is 40.1. The molecule has 1 fully saturated rings. The maximum absolute atomic E-state index is 14.8. The van der Waals surface area contributed by atoms with E-state index in [2.05, 4.69) is 22.2 Å². The molecular formula is C50H62N4O14. The van der Waals surface area contributed by atoms with Crippen molar-refractivity contribution in [1.82, 2.24) is 14.8 Å². The number of aliphatic hydroxyl groups is 3. The van der Waals surface area contributed by atoms with Crippen LogP contribution in [0.15, 0.2) is 62.3 Å². The zero-order chi connectivity index (χ0) is 49.5. The summed E-state index contributed by atoms with van der Waals surface area (Å²) in [7, 11) is 3.51. The third-order valence-corrected chi connectivity index (χ3v) is 13.7. The third-order valence-electron chi connectivity index (χ3n) is 13.7. The molecule has 0 radical (unpaired) electrons. The fraction of sp³-hybridized carbons (Fsp3) is 0.500. The highest BCUT2D eigenvalue weighted by atomic mass is 16.7. The number of carbonyl (C=O) groups excluding carboxylic acids is 2. The fourth-order valence-corrected chi connectivity index (χ4v) is 9.31. The number of esters is 1. The summed E-state index contributed by atoms with van der Waals surface area (Å²) in [6.45, 7) is 17.0. The molecule has 3 aliphatic rings. The van der Waals surface area contributed by atoms with Crippen molar-refractivity contribution < 1.29 is 58.1 Å². The summed E-state index contributed by atoms with van der Waals surface area (Å²) < 4.78 is 36.4. The monoisotopic (exact) mass is 942 g/mol. The highest BCUT2D eigenvalue weighted by Gasteiger charge is 2.44. The van der Waals surface area contributed by atoms with Crippen LogP contribution in [0.1, 0.15) is 54.0 Å². The maximum Gasteiger partial charge on any atom is 0.307 e. The van der Waals surface area contributed by atoms with Gasteiger partial charge in [0, 0.05) is 106 Å². The molecule has 1 amide bonds. The predicted molar refractivity (Wildman–Crippen MR) is 254 cm³/mol. The molecule has 5 N–H and O–H groups in total. The van der Waals surface area contributed by atoms with Crippen LogP contribution in [0.4, 0.5) is 5.69 Å². The van der Waals surface area contributed by atoms with Gasteiger partial charge in [0.25, 0.3) is 5.91 Å². The van der Waals surface area contributed by atoms with Gasteiger partial charge in [-0.3, -0.25) is 24.1 Å². The van der Waals surface area contributed by atoms with Crippen LogP contribution in [0.2, 0.25) is 0 Å². The number of aromatic hydroxyl groups is 1. The Morgan fingerprint density at radius 3 is 2.34 bits per heavy atom. The molecule has 366 valence electrons. The Kier molecular flexibility index (Phi) is 14.6. The number of aromatic nitrogens is 1. The lowest BCUT2D eigenvalue weighted by atomic mass is 9.78. The van der Waals surface area contributed by atoms with E-state index in [1.165, 1.54) is 65.4 Å². The van der Waals surface area contributed by atoms with Gasteiger partial charge >= 0.3 is 11.8 Å². The van der Waals surface area contributed by atoms with Crippen molar-refractivity contribution in [3.63, 3.8) is 0 Å². The van der Waals surface area contributed by atoms with E-state index in [1.807, 2.05) is 0 Å². The van der Waals surface area contributed by atoms with Gasteiger partial charge in [0.05, 0.1) is 35.2 Å². The Morgan fingerprint density at radius 1 is 0.956 bits per heavy atom. The number of anilines is 1. The van der Waals surface area contributed by atoms with Gasteiger partial charge in [0.15, 0.2) is 22.4 Å². The van der Waals surface area contributed by atoms with Crippen LogP contribution >= 0.6 is 0 Å². The van der Waals surface area contributed by atoms with E-state index in [1.54, 1.807) is 39.8 Å². The van der Waals surface area contributed by atoms with Crippen molar-refractivity contribution in [1.29, 1.82) is 0 Å². The summed E-state index contributed by atoms with van der Waals surface area (Å²) in [5.74, 6) is -6.84. The van der Waals surface area contributed by atoms with Gasteiger partial charge in [-0.25, -0.2) is 4.98 Å². The lowest BCUT2D eigenvalue weighted by molar-refractivity contribution is -0.160. The summed E-state index contributed by atoms with van der Waals surface area (Å²) in [6, 6.07) is 2.75. The van der Waals surface area contributed by atoms with Gasteiger partial charge in [-0.15, -0.1) is 0 Å². The number of amides is 1. The van der Waals surface area contributed by atoms with Gasteiger partial charge in [0.2, 0.25) is 10.9 Å².